The van der Waals surface area contributed by atoms with Crippen molar-refractivity contribution < 1.29 is 14.3 Å². The first-order valence-electron chi connectivity index (χ1n) is 4.71. The van der Waals surface area contributed by atoms with Gasteiger partial charge in [-0.15, -0.1) is 0 Å². The largest absolute Gasteiger partial charge is 0.465 e. The van der Waals surface area contributed by atoms with Gasteiger partial charge in [0.2, 0.25) is 0 Å². The van der Waals surface area contributed by atoms with E-state index in [2.05, 4.69) is 4.74 Å². The fourth-order valence-corrected chi connectivity index (χ4v) is 1.65. The lowest BCUT2D eigenvalue weighted by Crippen LogP contribution is -2.11. The van der Waals surface area contributed by atoms with Crippen LogP contribution in [0.1, 0.15) is 12.5 Å². The van der Waals surface area contributed by atoms with Crippen molar-refractivity contribution >= 4 is 41.0 Å². The van der Waals surface area contributed by atoms with Crippen LogP contribution >= 0.6 is 23.2 Å². The maximum absolute atomic E-state index is 11.4. The number of esters is 1. The Morgan fingerprint density at radius 2 is 1.94 bits per heavy atom. The van der Waals surface area contributed by atoms with E-state index < -0.39 is 5.97 Å². The number of ether oxygens (including phenoxy) is 1. The monoisotopic (exact) mass is 272 g/mol. The zero-order valence-corrected chi connectivity index (χ0v) is 10.8. The van der Waals surface area contributed by atoms with Gasteiger partial charge in [0.15, 0.2) is 5.78 Å². The summed E-state index contributed by atoms with van der Waals surface area (Å²) >= 11 is 11.7. The van der Waals surface area contributed by atoms with Gasteiger partial charge in [0.05, 0.1) is 7.11 Å². The second-order valence-corrected chi connectivity index (χ2v) is 4.12. The first-order chi connectivity index (χ1) is 7.95. The highest BCUT2D eigenvalue weighted by molar-refractivity contribution is 6.35. The molecule has 0 aliphatic heterocycles. The topological polar surface area (TPSA) is 43.4 Å². The molecule has 17 heavy (non-hydrogen) atoms. The van der Waals surface area contributed by atoms with Crippen molar-refractivity contribution in [2.45, 2.75) is 6.92 Å². The number of benzene rings is 1. The number of halogens is 2. The van der Waals surface area contributed by atoms with Crippen LogP contribution < -0.4 is 0 Å². The van der Waals surface area contributed by atoms with E-state index in [1.165, 1.54) is 26.2 Å². The van der Waals surface area contributed by atoms with Gasteiger partial charge in [-0.3, -0.25) is 4.79 Å². The molecule has 0 amide bonds. The van der Waals surface area contributed by atoms with Gasteiger partial charge in [-0.2, -0.15) is 0 Å². The van der Waals surface area contributed by atoms with Crippen molar-refractivity contribution in [3.63, 3.8) is 0 Å². The quantitative estimate of drug-likeness (QED) is 0.368. The normalized spacial score (nSPS) is 11.2. The van der Waals surface area contributed by atoms with Crippen LogP contribution in [0.2, 0.25) is 10.0 Å². The fourth-order valence-electron chi connectivity index (χ4n) is 1.19. The summed E-state index contributed by atoms with van der Waals surface area (Å²) in [4.78, 5) is 22.6. The third-order valence-electron chi connectivity index (χ3n) is 2.05. The summed E-state index contributed by atoms with van der Waals surface area (Å²) in [5.41, 5.74) is 0.475. The van der Waals surface area contributed by atoms with Crippen LogP contribution in [0.4, 0.5) is 0 Å². The molecular formula is C12H10Cl2O3. The minimum atomic E-state index is -0.691. The predicted molar refractivity (Wildman–Crippen MR) is 67.1 cm³/mol. The molecule has 0 aliphatic rings. The highest BCUT2D eigenvalue weighted by Crippen LogP contribution is 2.23. The molecule has 0 bridgehead atoms. The Morgan fingerprint density at radius 3 is 2.41 bits per heavy atom. The molecule has 0 heterocycles. The van der Waals surface area contributed by atoms with E-state index in [4.69, 9.17) is 23.2 Å². The lowest BCUT2D eigenvalue weighted by molar-refractivity contribution is -0.137. The van der Waals surface area contributed by atoms with Gasteiger partial charge in [0.25, 0.3) is 0 Å². The maximum atomic E-state index is 11.4. The molecule has 0 spiro atoms. The van der Waals surface area contributed by atoms with Crippen molar-refractivity contribution in [3.8, 4) is 0 Å². The third-order valence-corrected chi connectivity index (χ3v) is 2.61. The Bertz CT molecular complexity index is 493. The van der Waals surface area contributed by atoms with Gasteiger partial charge in [-0.25, -0.2) is 4.79 Å². The molecule has 3 nitrogen and oxygen atoms in total. The highest BCUT2D eigenvalue weighted by Gasteiger charge is 2.15. The molecule has 1 rings (SSSR count). The van der Waals surface area contributed by atoms with Crippen LogP contribution in [0.25, 0.3) is 6.08 Å². The fraction of sp³-hybridized carbons (Fsp3) is 0.167. The lowest BCUT2D eigenvalue weighted by atomic mass is 10.1. The minimum absolute atomic E-state index is 0.0586. The van der Waals surface area contributed by atoms with Crippen LogP contribution in [0, 0.1) is 0 Å². The molecule has 1 aromatic rings. The summed E-state index contributed by atoms with van der Waals surface area (Å²) in [7, 11) is 1.21. The standard InChI is InChI=1S/C12H10Cl2O3/c1-7(15)10(12(16)17-2)5-8-3-4-9(13)6-11(8)14/h3-6H,1-2H3/b10-5-. The molecule has 0 aromatic heterocycles. The van der Waals surface area contributed by atoms with Gasteiger partial charge >= 0.3 is 5.97 Å². The average molecular weight is 273 g/mol. The molecular weight excluding hydrogens is 263 g/mol. The van der Waals surface area contributed by atoms with Crippen LogP contribution in [-0.2, 0) is 14.3 Å². The van der Waals surface area contributed by atoms with Crippen LogP contribution in [-0.4, -0.2) is 18.9 Å². The molecule has 1 aromatic carbocycles. The van der Waals surface area contributed by atoms with E-state index in [1.807, 2.05) is 0 Å². The summed E-state index contributed by atoms with van der Waals surface area (Å²) < 4.78 is 4.51. The Hall–Kier alpha value is -1.32. The Labute approximate surface area is 109 Å². The Balaban J connectivity index is 3.22. The molecule has 0 saturated carbocycles. The molecule has 0 radical (unpaired) electrons. The SMILES string of the molecule is COC(=O)/C(=C\c1ccc(Cl)cc1Cl)C(C)=O. The number of hydrogen-bond donors (Lipinski definition) is 0. The molecule has 0 atom stereocenters. The van der Waals surface area contributed by atoms with E-state index in [-0.39, 0.29) is 11.4 Å². The van der Waals surface area contributed by atoms with Crippen molar-refractivity contribution in [2.75, 3.05) is 7.11 Å². The zero-order valence-electron chi connectivity index (χ0n) is 9.29. The molecule has 0 N–H and O–H groups in total. The molecule has 90 valence electrons. The summed E-state index contributed by atoms with van der Waals surface area (Å²) in [5.74, 6) is -1.08. The number of rotatable bonds is 3. The highest BCUT2D eigenvalue weighted by atomic mass is 35.5. The number of carbonyl (C=O) groups is 2. The molecule has 0 unspecified atom stereocenters. The molecule has 0 aliphatic carbocycles. The van der Waals surface area contributed by atoms with E-state index in [9.17, 15) is 9.59 Å². The average Bonchev–Trinajstić information content (AvgIpc) is 2.26. The third kappa shape index (κ3) is 3.58. The predicted octanol–water partition coefficient (Wildman–Crippen LogP) is 3.14. The molecule has 0 saturated heterocycles. The Morgan fingerprint density at radius 1 is 1.29 bits per heavy atom. The summed E-state index contributed by atoms with van der Waals surface area (Å²) in [6, 6.07) is 4.77. The van der Waals surface area contributed by atoms with E-state index in [0.29, 0.717) is 15.6 Å². The van der Waals surface area contributed by atoms with Gasteiger partial charge in [0.1, 0.15) is 5.57 Å². The van der Waals surface area contributed by atoms with Gasteiger partial charge in [-0.1, -0.05) is 29.3 Å². The number of carbonyl (C=O) groups excluding carboxylic acids is 2. The van der Waals surface area contributed by atoms with Crippen LogP contribution in [0.5, 0.6) is 0 Å². The number of methoxy groups -OCH3 is 1. The van der Waals surface area contributed by atoms with E-state index in [0.717, 1.165) is 0 Å². The Kier molecular flexibility index (Phi) is 4.73. The maximum Gasteiger partial charge on any atom is 0.341 e. The van der Waals surface area contributed by atoms with Crippen LogP contribution in [0.3, 0.4) is 0 Å². The van der Waals surface area contributed by atoms with Crippen molar-refractivity contribution in [3.05, 3.63) is 39.4 Å². The first kappa shape index (κ1) is 13.7. The smallest absolute Gasteiger partial charge is 0.341 e. The van der Waals surface area contributed by atoms with Gasteiger partial charge < -0.3 is 4.74 Å². The summed E-state index contributed by atoms with van der Waals surface area (Å²) in [5, 5.41) is 0.842. The van der Waals surface area contributed by atoms with Crippen molar-refractivity contribution in [2.24, 2.45) is 0 Å². The zero-order chi connectivity index (χ0) is 13.0. The number of Topliss-reactive ketones (excluding diaryl/α,β-unsaturated/α-hetero) is 1. The number of ketones is 1. The number of hydrogen-bond acceptors (Lipinski definition) is 3. The van der Waals surface area contributed by atoms with Gasteiger partial charge in [-0.05, 0) is 30.7 Å². The van der Waals surface area contributed by atoms with Crippen molar-refractivity contribution in [1.29, 1.82) is 0 Å². The summed E-state index contributed by atoms with van der Waals surface area (Å²) in [6.45, 7) is 1.28. The minimum Gasteiger partial charge on any atom is -0.465 e. The van der Waals surface area contributed by atoms with Crippen LogP contribution in [0.15, 0.2) is 23.8 Å². The second-order valence-electron chi connectivity index (χ2n) is 3.27. The summed E-state index contributed by atoms with van der Waals surface area (Å²) in [6.07, 6.45) is 1.38. The lowest BCUT2D eigenvalue weighted by Gasteiger charge is -2.03. The first-order valence-corrected chi connectivity index (χ1v) is 5.47. The second kappa shape index (κ2) is 5.84. The molecule has 0 fully saturated rings. The van der Waals surface area contributed by atoms with Gasteiger partial charge in [0, 0.05) is 10.0 Å². The van der Waals surface area contributed by atoms with E-state index >= 15 is 0 Å². The van der Waals surface area contributed by atoms with Crippen molar-refractivity contribution in [1.82, 2.24) is 0 Å². The van der Waals surface area contributed by atoms with E-state index in [1.54, 1.807) is 12.1 Å². The molecule has 5 heteroatoms.